The Morgan fingerprint density at radius 3 is 2.80 bits per heavy atom. The van der Waals surface area contributed by atoms with Gasteiger partial charge in [0.15, 0.2) is 6.23 Å². The van der Waals surface area contributed by atoms with Gasteiger partial charge in [0.1, 0.15) is 6.10 Å². The lowest BCUT2D eigenvalue weighted by Gasteiger charge is -2.17. The minimum absolute atomic E-state index is 0.274. The zero-order valence-electron chi connectivity index (χ0n) is 10.1. The van der Waals surface area contributed by atoms with E-state index in [0.29, 0.717) is 0 Å². The molecule has 2 heterocycles. The monoisotopic (exact) mass is 458 g/mol. The molecule has 1 aromatic heterocycles. The van der Waals surface area contributed by atoms with E-state index < -0.39 is 33.6 Å². The number of halogens is 2. The van der Waals surface area contributed by atoms with Crippen molar-refractivity contribution < 1.29 is 14.9 Å². The summed E-state index contributed by atoms with van der Waals surface area (Å²) in [6.45, 7) is -0.344. The van der Waals surface area contributed by atoms with Crippen molar-refractivity contribution in [2.24, 2.45) is 0 Å². The van der Waals surface area contributed by atoms with Crippen molar-refractivity contribution in [2.45, 2.75) is 22.4 Å². The SMILES string of the molecule is O=c1[nH]c(=O)n([C@@H]2O[C@H](CO)[C@@H](O)[C@H]2I)cc1C=CBr. The van der Waals surface area contributed by atoms with Gasteiger partial charge in [-0.2, -0.15) is 0 Å². The summed E-state index contributed by atoms with van der Waals surface area (Å²) in [5, 5.41) is 19.0. The van der Waals surface area contributed by atoms with E-state index >= 15 is 0 Å². The van der Waals surface area contributed by atoms with Crippen LogP contribution >= 0.6 is 38.5 Å². The van der Waals surface area contributed by atoms with Gasteiger partial charge in [-0.1, -0.05) is 38.5 Å². The van der Waals surface area contributed by atoms with Crippen LogP contribution < -0.4 is 11.2 Å². The first-order valence-electron chi connectivity index (χ1n) is 5.70. The van der Waals surface area contributed by atoms with Gasteiger partial charge in [-0.15, -0.1) is 0 Å². The van der Waals surface area contributed by atoms with Crippen molar-refractivity contribution in [3.63, 3.8) is 0 Å². The van der Waals surface area contributed by atoms with Crippen LogP contribution in [0.1, 0.15) is 11.8 Å². The largest absolute Gasteiger partial charge is 0.394 e. The number of nitrogens with zero attached hydrogens (tertiary/aromatic N) is 1. The fraction of sp³-hybridized carbons (Fsp3) is 0.455. The third-order valence-corrected chi connectivity index (χ3v) is 4.60. The van der Waals surface area contributed by atoms with E-state index in [1.165, 1.54) is 21.8 Å². The molecule has 2 rings (SSSR count). The zero-order valence-corrected chi connectivity index (χ0v) is 13.8. The molecule has 1 fully saturated rings. The number of rotatable bonds is 3. The minimum atomic E-state index is -0.889. The molecule has 0 aromatic carbocycles. The third kappa shape index (κ3) is 2.91. The molecule has 0 aliphatic carbocycles. The van der Waals surface area contributed by atoms with Crippen LogP contribution in [-0.2, 0) is 4.74 Å². The van der Waals surface area contributed by atoms with Crippen molar-refractivity contribution in [2.75, 3.05) is 6.61 Å². The lowest BCUT2D eigenvalue weighted by atomic mass is 10.2. The number of alkyl halides is 1. The summed E-state index contributed by atoms with van der Waals surface area (Å²) in [7, 11) is 0. The second-order valence-electron chi connectivity index (χ2n) is 4.23. The maximum atomic E-state index is 11.9. The average molecular weight is 459 g/mol. The summed E-state index contributed by atoms with van der Waals surface area (Å²) in [6, 6.07) is 0. The quantitative estimate of drug-likeness (QED) is 0.435. The van der Waals surface area contributed by atoms with Crippen LogP contribution in [0.25, 0.3) is 6.08 Å². The van der Waals surface area contributed by atoms with Crippen molar-refractivity contribution in [1.82, 2.24) is 9.55 Å². The summed E-state index contributed by atoms with van der Waals surface area (Å²) in [6.07, 6.45) is 0.457. The van der Waals surface area contributed by atoms with Crippen molar-refractivity contribution >= 4 is 44.6 Å². The number of aliphatic hydroxyl groups excluding tert-OH is 2. The van der Waals surface area contributed by atoms with E-state index in [0.717, 1.165) is 0 Å². The van der Waals surface area contributed by atoms with Crippen LogP contribution in [0.3, 0.4) is 0 Å². The highest BCUT2D eigenvalue weighted by Gasteiger charge is 2.43. The molecular weight excluding hydrogens is 447 g/mol. The van der Waals surface area contributed by atoms with Crippen molar-refractivity contribution in [3.05, 3.63) is 37.6 Å². The Balaban J connectivity index is 2.46. The number of aliphatic hydroxyl groups is 2. The van der Waals surface area contributed by atoms with E-state index in [-0.39, 0.29) is 12.2 Å². The Bertz CT molecular complexity index is 628. The third-order valence-electron chi connectivity index (χ3n) is 2.99. The summed E-state index contributed by atoms with van der Waals surface area (Å²) >= 11 is 5.02. The van der Waals surface area contributed by atoms with E-state index in [4.69, 9.17) is 9.84 Å². The molecular formula is C11H12BrIN2O5. The second-order valence-corrected chi connectivity index (χ2v) is 6.19. The molecule has 3 N–H and O–H groups in total. The van der Waals surface area contributed by atoms with Gasteiger partial charge in [0, 0.05) is 6.20 Å². The average Bonchev–Trinajstić information content (AvgIpc) is 2.70. The second kappa shape index (κ2) is 6.52. The number of aromatic amines is 1. The normalized spacial score (nSPS) is 30.2. The highest BCUT2D eigenvalue weighted by molar-refractivity contribution is 14.1. The standard InChI is InChI=1S/C11H12BrIN2O5/c12-2-1-5-3-15(11(19)14-9(5)18)10-7(13)8(17)6(4-16)20-10/h1-3,6-8,10,16-17H,4H2,(H,14,18,19)/t6-,7-,8-,10-/m1/s1. The summed E-state index contributed by atoms with van der Waals surface area (Å²) in [4.78, 5) is 27.1. The number of ether oxygens (including phenoxy) is 1. The maximum absolute atomic E-state index is 11.9. The first kappa shape index (κ1) is 15.9. The molecule has 9 heteroatoms. The molecule has 0 amide bonds. The van der Waals surface area contributed by atoms with Crippen LogP contribution in [0.2, 0.25) is 0 Å². The van der Waals surface area contributed by atoms with Gasteiger partial charge in [-0.3, -0.25) is 14.3 Å². The highest BCUT2D eigenvalue weighted by atomic mass is 127. The molecule has 4 atom stereocenters. The summed E-state index contributed by atoms with van der Waals surface area (Å²) in [5.41, 5.74) is -0.862. The Hall–Kier alpha value is -0.490. The van der Waals surface area contributed by atoms with E-state index in [2.05, 4.69) is 20.9 Å². The number of nitrogens with one attached hydrogen (secondary N) is 1. The van der Waals surface area contributed by atoms with Gasteiger partial charge in [-0.25, -0.2) is 4.79 Å². The number of hydrogen-bond donors (Lipinski definition) is 3. The van der Waals surface area contributed by atoms with Crippen molar-refractivity contribution in [1.29, 1.82) is 0 Å². The summed E-state index contributed by atoms with van der Waals surface area (Å²) in [5.74, 6) is 0. The predicted molar refractivity (Wildman–Crippen MR) is 84.1 cm³/mol. The summed E-state index contributed by atoms with van der Waals surface area (Å²) < 4.78 is 6.26. The zero-order chi connectivity index (χ0) is 14.9. The van der Waals surface area contributed by atoms with Crippen LogP contribution in [-0.4, -0.2) is 42.5 Å². The Morgan fingerprint density at radius 1 is 1.55 bits per heavy atom. The number of hydrogen-bond acceptors (Lipinski definition) is 5. The molecule has 0 spiro atoms. The molecule has 1 aliphatic heterocycles. The molecule has 7 nitrogen and oxygen atoms in total. The van der Waals surface area contributed by atoms with Crippen LogP contribution in [0.4, 0.5) is 0 Å². The van der Waals surface area contributed by atoms with E-state index in [1.54, 1.807) is 0 Å². The van der Waals surface area contributed by atoms with Gasteiger partial charge in [0.2, 0.25) is 0 Å². The first-order valence-corrected chi connectivity index (χ1v) is 7.86. The van der Waals surface area contributed by atoms with E-state index in [9.17, 15) is 14.7 Å². The molecule has 0 unspecified atom stereocenters. The van der Waals surface area contributed by atoms with Gasteiger partial charge >= 0.3 is 5.69 Å². The van der Waals surface area contributed by atoms with Gasteiger partial charge in [0.25, 0.3) is 5.56 Å². The van der Waals surface area contributed by atoms with Gasteiger partial charge in [-0.05, 0) is 11.1 Å². The van der Waals surface area contributed by atoms with Crippen LogP contribution in [0, 0.1) is 0 Å². The fourth-order valence-corrected chi connectivity index (χ4v) is 3.22. The molecule has 20 heavy (non-hydrogen) atoms. The molecule has 1 aliphatic rings. The lowest BCUT2D eigenvalue weighted by molar-refractivity contribution is -0.0456. The van der Waals surface area contributed by atoms with E-state index in [1.807, 2.05) is 22.6 Å². The minimum Gasteiger partial charge on any atom is -0.394 e. The highest BCUT2D eigenvalue weighted by Crippen LogP contribution is 2.33. The Labute approximate surface area is 135 Å². The van der Waals surface area contributed by atoms with Gasteiger partial charge in [0.05, 0.1) is 22.2 Å². The number of H-pyrrole nitrogens is 1. The molecule has 110 valence electrons. The van der Waals surface area contributed by atoms with Crippen LogP contribution in [0.5, 0.6) is 0 Å². The van der Waals surface area contributed by atoms with Gasteiger partial charge < -0.3 is 14.9 Å². The van der Waals surface area contributed by atoms with Crippen molar-refractivity contribution in [3.8, 4) is 0 Å². The Morgan fingerprint density at radius 2 is 2.25 bits per heavy atom. The van der Waals surface area contributed by atoms with Crippen LogP contribution in [0.15, 0.2) is 20.8 Å². The first-order chi connectivity index (χ1) is 9.49. The smallest absolute Gasteiger partial charge is 0.330 e. The maximum Gasteiger partial charge on any atom is 0.330 e. The lowest BCUT2D eigenvalue weighted by Crippen LogP contribution is -2.36. The molecule has 0 radical (unpaired) electrons. The predicted octanol–water partition coefficient (Wildman–Crippen LogP) is -0.0436. The molecule has 1 saturated heterocycles. The Kier molecular flexibility index (Phi) is 5.18. The fourth-order valence-electron chi connectivity index (χ4n) is 1.95. The topological polar surface area (TPSA) is 105 Å². The molecule has 1 aromatic rings. The molecule has 0 bridgehead atoms. The molecule has 0 saturated carbocycles. The number of aromatic nitrogens is 2.